The van der Waals surface area contributed by atoms with Gasteiger partial charge in [0, 0.05) is 71.1 Å². The van der Waals surface area contributed by atoms with Gasteiger partial charge in [-0.1, -0.05) is 53.7 Å². The summed E-state index contributed by atoms with van der Waals surface area (Å²) < 4.78 is 40.5. The standard InChI is InChI=1S/C46H68N4O13/c1-26-18-32(52)20-42(56)63-40(21-39(57-8)27(2)14-15-37(54)30(5)43(58-9)28(3)16-17-50(7)25-51)29(4)36(53)12-11-13-41-47-34(23-60-41)45-49-35(24-62-45)46-48-33(22-61-46)44(59-10)31(6)38(55)19-26/h11,13,16-17,22-32,36,38-40,43-44,52-53,55H,12,14-15,18-21H2,1-10H3/b13-11?,17-16+/t26-,27-,28+,29+,30-,31-,32-,36-,38-,39-,40-,43+,44+/m0/s1. The number of aliphatic hydroxyl groups excluding tert-OH is 3. The van der Waals surface area contributed by atoms with E-state index in [-0.39, 0.29) is 73.3 Å². The molecule has 1 aliphatic heterocycles. The Kier molecular flexibility index (Phi) is 19.9. The van der Waals surface area contributed by atoms with Gasteiger partial charge in [-0.2, -0.15) is 0 Å². The predicted molar refractivity (Wildman–Crippen MR) is 231 cm³/mol. The van der Waals surface area contributed by atoms with Crippen molar-refractivity contribution in [3.8, 4) is 23.2 Å². The first kappa shape index (κ1) is 51.1. The van der Waals surface area contributed by atoms with E-state index in [4.69, 9.17) is 32.2 Å². The van der Waals surface area contributed by atoms with Crippen molar-refractivity contribution in [1.29, 1.82) is 0 Å². The zero-order valence-electron chi connectivity index (χ0n) is 38.3. The lowest BCUT2D eigenvalue weighted by molar-refractivity contribution is -0.159. The van der Waals surface area contributed by atoms with E-state index in [1.165, 1.54) is 30.8 Å². The van der Waals surface area contributed by atoms with Crippen LogP contribution in [0.15, 0.2) is 50.4 Å². The summed E-state index contributed by atoms with van der Waals surface area (Å²) in [6, 6.07) is 0. The van der Waals surface area contributed by atoms with E-state index in [1.807, 2.05) is 40.7 Å². The molecule has 350 valence electrons. The third-order valence-electron chi connectivity index (χ3n) is 12.3. The van der Waals surface area contributed by atoms with E-state index >= 15 is 0 Å². The van der Waals surface area contributed by atoms with Gasteiger partial charge in [0.15, 0.2) is 11.4 Å². The van der Waals surface area contributed by atoms with Gasteiger partial charge < -0.3 is 52.4 Å². The highest BCUT2D eigenvalue weighted by atomic mass is 16.5. The lowest BCUT2D eigenvalue weighted by Crippen LogP contribution is -2.38. The summed E-state index contributed by atoms with van der Waals surface area (Å²) in [6.45, 7) is 11.2. The molecule has 0 aliphatic carbocycles. The molecule has 0 saturated carbocycles. The second-order valence-corrected chi connectivity index (χ2v) is 17.2. The summed E-state index contributed by atoms with van der Waals surface area (Å²) in [7, 11) is 6.28. The number of ketones is 1. The summed E-state index contributed by atoms with van der Waals surface area (Å²) in [5, 5.41) is 33.8. The van der Waals surface area contributed by atoms with Crippen molar-refractivity contribution in [2.45, 2.75) is 129 Å². The Hall–Kier alpha value is -4.52. The number of cyclic esters (lactones) is 1. The first-order chi connectivity index (χ1) is 30.0. The van der Waals surface area contributed by atoms with Crippen LogP contribution in [0.5, 0.6) is 0 Å². The van der Waals surface area contributed by atoms with Gasteiger partial charge in [0.2, 0.25) is 24.1 Å². The number of hydrogen-bond donors (Lipinski definition) is 3. The Morgan fingerprint density at radius 2 is 1.60 bits per heavy atom. The zero-order valence-corrected chi connectivity index (χ0v) is 38.3. The fourth-order valence-corrected chi connectivity index (χ4v) is 8.16. The molecule has 3 aromatic rings. The fraction of sp³-hybridized carbons (Fsp3) is 0.652. The molecule has 1 amide bonds. The number of methoxy groups -OCH3 is 3. The number of aliphatic hydroxyl groups is 3. The van der Waals surface area contributed by atoms with Crippen molar-refractivity contribution >= 4 is 24.2 Å². The lowest BCUT2D eigenvalue weighted by Gasteiger charge is -2.33. The van der Waals surface area contributed by atoms with Crippen molar-refractivity contribution in [2.24, 2.45) is 35.5 Å². The van der Waals surface area contributed by atoms with E-state index in [0.717, 1.165) is 0 Å². The molecule has 3 N–H and O–H groups in total. The molecule has 0 unspecified atom stereocenters. The average Bonchev–Trinajstić information content (AvgIpc) is 4.05. The molecule has 6 bridgehead atoms. The zero-order chi connectivity index (χ0) is 46.4. The lowest BCUT2D eigenvalue weighted by atomic mass is 9.84. The van der Waals surface area contributed by atoms with E-state index in [1.54, 1.807) is 46.5 Å². The van der Waals surface area contributed by atoms with Crippen molar-refractivity contribution < 1.29 is 61.9 Å². The van der Waals surface area contributed by atoms with Gasteiger partial charge in [-0.05, 0) is 43.6 Å². The summed E-state index contributed by atoms with van der Waals surface area (Å²) >= 11 is 0. The number of rotatable bonds is 15. The number of carbonyl (C=O) groups is 3. The maximum atomic E-state index is 13.5. The third-order valence-corrected chi connectivity index (χ3v) is 12.3. The smallest absolute Gasteiger partial charge is 0.308 e. The molecule has 0 fully saturated rings. The number of aromatic nitrogens is 3. The van der Waals surface area contributed by atoms with Crippen molar-refractivity contribution in [2.75, 3.05) is 28.4 Å². The van der Waals surface area contributed by atoms with Crippen LogP contribution in [0.2, 0.25) is 0 Å². The Labute approximate surface area is 370 Å². The molecule has 13 atom stereocenters. The molecule has 63 heavy (non-hydrogen) atoms. The molecule has 1 aliphatic rings. The molecular formula is C46H68N4O13. The molecule has 0 saturated heterocycles. The maximum absolute atomic E-state index is 13.5. The summed E-state index contributed by atoms with van der Waals surface area (Å²) in [6.07, 6.45) is 7.83. The minimum absolute atomic E-state index is 0.0189. The van der Waals surface area contributed by atoms with Crippen LogP contribution in [0.3, 0.4) is 0 Å². The molecule has 17 nitrogen and oxygen atoms in total. The highest BCUT2D eigenvalue weighted by molar-refractivity contribution is 5.81. The largest absolute Gasteiger partial charge is 0.462 e. The summed E-state index contributed by atoms with van der Waals surface area (Å²) in [5.74, 6) is -1.94. The van der Waals surface area contributed by atoms with Crippen LogP contribution in [-0.2, 0) is 33.3 Å². The molecule has 0 radical (unpaired) electrons. The van der Waals surface area contributed by atoms with Gasteiger partial charge in [-0.3, -0.25) is 14.4 Å². The van der Waals surface area contributed by atoms with Crippen LogP contribution >= 0.6 is 0 Å². The normalized spacial score (nSPS) is 26.8. The Balaban J connectivity index is 1.52. The molecule has 4 rings (SSSR count). The minimum atomic E-state index is -1.06. The molecule has 0 aromatic carbocycles. The SMILES string of the molecule is CO[C@H]([C@H](C)/C=C/N(C)C=O)[C@@H](C)C(=O)CC[C@H](C)[C@H](C[C@@H]1OC(=O)C[C@@H](O)C[C@H](C)C[C@H](O)[C@H](C)[C@@H](OC)c2coc(n2)-c2coc(n2)-c2coc(n2)C=CC[C@H](O)[C@H]1C)OC. The Morgan fingerprint density at radius 1 is 0.921 bits per heavy atom. The highest BCUT2D eigenvalue weighted by Crippen LogP contribution is 2.34. The van der Waals surface area contributed by atoms with Crippen LogP contribution < -0.4 is 0 Å². The fourth-order valence-electron chi connectivity index (χ4n) is 8.16. The summed E-state index contributed by atoms with van der Waals surface area (Å²) in [5.41, 5.74) is 1.09. The number of esters is 1. The molecule has 17 heteroatoms. The van der Waals surface area contributed by atoms with Gasteiger partial charge in [-0.25, -0.2) is 15.0 Å². The number of ether oxygens (including phenoxy) is 4. The second kappa shape index (κ2) is 24.5. The first-order valence-electron chi connectivity index (χ1n) is 21.7. The number of hydrogen-bond acceptors (Lipinski definition) is 16. The van der Waals surface area contributed by atoms with Crippen LogP contribution in [0.4, 0.5) is 0 Å². The van der Waals surface area contributed by atoms with Crippen LogP contribution in [0, 0.1) is 35.5 Å². The third kappa shape index (κ3) is 14.5. The van der Waals surface area contributed by atoms with E-state index < -0.39 is 66.5 Å². The van der Waals surface area contributed by atoms with Crippen LogP contribution in [-0.4, -0.2) is 118 Å². The Morgan fingerprint density at radius 3 is 2.29 bits per heavy atom. The number of carbonyl (C=O) groups excluding carboxylic acids is 3. The van der Waals surface area contributed by atoms with Crippen molar-refractivity contribution in [1.82, 2.24) is 19.9 Å². The second-order valence-electron chi connectivity index (χ2n) is 17.2. The summed E-state index contributed by atoms with van der Waals surface area (Å²) in [4.78, 5) is 52.9. The molecule has 4 heterocycles. The number of oxazole rings is 3. The maximum Gasteiger partial charge on any atom is 0.308 e. The van der Waals surface area contributed by atoms with Crippen LogP contribution in [0.1, 0.15) is 104 Å². The molecule has 3 aromatic heterocycles. The van der Waals surface area contributed by atoms with Gasteiger partial charge in [0.25, 0.3) is 0 Å². The number of Topliss-reactive ketones (excluding diaryl/α,β-unsaturated/α-hetero) is 1. The van der Waals surface area contributed by atoms with Crippen molar-refractivity contribution in [3.63, 3.8) is 0 Å². The van der Waals surface area contributed by atoms with E-state index in [2.05, 4.69) is 15.0 Å². The van der Waals surface area contributed by atoms with Crippen molar-refractivity contribution in [3.05, 3.63) is 48.7 Å². The highest BCUT2D eigenvalue weighted by Gasteiger charge is 2.35. The van der Waals surface area contributed by atoms with Gasteiger partial charge in [-0.15, -0.1) is 0 Å². The van der Waals surface area contributed by atoms with Gasteiger partial charge in [0.05, 0.1) is 36.9 Å². The van der Waals surface area contributed by atoms with E-state index in [9.17, 15) is 29.7 Å². The topological polar surface area (TPSA) is 230 Å². The predicted octanol–water partition coefficient (Wildman–Crippen LogP) is 6.44. The first-order valence-corrected chi connectivity index (χ1v) is 21.7. The van der Waals surface area contributed by atoms with Gasteiger partial charge >= 0.3 is 5.97 Å². The number of fused-ring (bicyclic) bond motifs is 8. The molecular weight excluding hydrogens is 817 g/mol. The quantitative estimate of drug-likeness (QED) is 0.110. The van der Waals surface area contributed by atoms with E-state index in [0.29, 0.717) is 36.3 Å². The molecule has 0 spiro atoms. The minimum Gasteiger partial charge on any atom is -0.462 e. The number of nitrogens with zero attached hydrogens (tertiary/aromatic N) is 4. The average molecular weight is 885 g/mol. The number of amides is 1. The Bertz CT molecular complexity index is 1920. The monoisotopic (exact) mass is 884 g/mol. The van der Waals surface area contributed by atoms with Gasteiger partial charge in [0.1, 0.15) is 42.5 Å². The van der Waals surface area contributed by atoms with Crippen LogP contribution in [0.25, 0.3) is 29.2 Å².